The Balaban J connectivity index is 1.87. The van der Waals surface area contributed by atoms with Crippen LogP contribution in [0.25, 0.3) is 0 Å². The second-order valence-corrected chi connectivity index (χ2v) is 6.19. The average molecular weight is 320 g/mol. The van der Waals surface area contributed by atoms with Crippen LogP contribution in [0.4, 0.5) is 0 Å². The van der Waals surface area contributed by atoms with Gasteiger partial charge in [-0.1, -0.05) is 41.2 Å². The van der Waals surface area contributed by atoms with Crippen LogP contribution in [0.15, 0.2) is 24.3 Å². The fraction of sp³-hybridized carbons (Fsp3) is 0.400. The van der Waals surface area contributed by atoms with Crippen molar-refractivity contribution >= 4 is 17.2 Å². The maximum absolute atomic E-state index is 12.1. The minimum absolute atomic E-state index is 0.0964. The SMILES string of the molecule is Cc1ccc(CNC(=O)c2nnc(CN(C)CCO)s2)cc1. The highest BCUT2D eigenvalue weighted by Gasteiger charge is 2.13. The molecule has 0 bridgehead atoms. The Morgan fingerprint density at radius 2 is 2.05 bits per heavy atom. The fourth-order valence-corrected chi connectivity index (χ4v) is 2.69. The second kappa shape index (κ2) is 7.98. The molecular formula is C15H20N4O2S. The van der Waals surface area contributed by atoms with Crippen LogP contribution in [0.1, 0.15) is 25.9 Å². The molecule has 0 fully saturated rings. The van der Waals surface area contributed by atoms with Gasteiger partial charge in [0.1, 0.15) is 5.01 Å². The Morgan fingerprint density at radius 3 is 2.73 bits per heavy atom. The first-order valence-corrected chi connectivity index (χ1v) is 7.85. The average Bonchev–Trinajstić information content (AvgIpc) is 2.95. The van der Waals surface area contributed by atoms with Crippen molar-refractivity contribution in [3.8, 4) is 0 Å². The highest BCUT2D eigenvalue weighted by molar-refractivity contribution is 7.13. The Morgan fingerprint density at radius 1 is 1.32 bits per heavy atom. The first-order valence-electron chi connectivity index (χ1n) is 7.04. The first kappa shape index (κ1) is 16.5. The molecule has 1 aromatic carbocycles. The number of benzene rings is 1. The van der Waals surface area contributed by atoms with Crippen LogP contribution in [0.5, 0.6) is 0 Å². The van der Waals surface area contributed by atoms with E-state index in [0.717, 1.165) is 10.6 Å². The Kier molecular flexibility index (Phi) is 6.00. The number of amides is 1. The van der Waals surface area contributed by atoms with E-state index in [4.69, 9.17) is 5.11 Å². The number of aromatic nitrogens is 2. The molecule has 0 spiro atoms. The molecule has 1 aromatic heterocycles. The van der Waals surface area contributed by atoms with E-state index in [1.165, 1.54) is 16.9 Å². The van der Waals surface area contributed by atoms with Crippen LogP contribution in [0.2, 0.25) is 0 Å². The van der Waals surface area contributed by atoms with Gasteiger partial charge in [-0.2, -0.15) is 0 Å². The third-order valence-corrected chi connectivity index (χ3v) is 4.03. The minimum Gasteiger partial charge on any atom is -0.395 e. The zero-order chi connectivity index (χ0) is 15.9. The molecule has 0 radical (unpaired) electrons. The smallest absolute Gasteiger partial charge is 0.282 e. The van der Waals surface area contributed by atoms with Gasteiger partial charge in [0.2, 0.25) is 5.01 Å². The summed E-state index contributed by atoms with van der Waals surface area (Å²) in [5.74, 6) is -0.214. The van der Waals surface area contributed by atoms with Gasteiger partial charge >= 0.3 is 0 Å². The number of aliphatic hydroxyl groups excluding tert-OH is 1. The highest BCUT2D eigenvalue weighted by atomic mass is 32.1. The lowest BCUT2D eigenvalue weighted by molar-refractivity contribution is 0.0950. The van der Waals surface area contributed by atoms with E-state index in [-0.39, 0.29) is 12.5 Å². The topological polar surface area (TPSA) is 78.4 Å². The van der Waals surface area contributed by atoms with E-state index in [1.54, 1.807) is 0 Å². The summed E-state index contributed by atoms with van der Waals surface area (Å²) in [4.78, 5) is 14.0. The summed E-state index contributed by atoms with van der Waals surface area (Å²) in [6, 6.07) is 8.01. The largest absolute Gasteiger partial charge is 0.395 e. The van der Waals surface area contributed by atoms with Crippen LogP contribution >= 0.6 is 11.3 Å². The van der Waals surface area contributed by atoms with Gasteiger partial charge in [-0.3, -0.25) is 9.69 Å². The van der Waals surface area contributed by atoms with Crippen molar-refractivity contribution < 1.29 is 9.90 Å². The molecule has 0 unspecified atom stereocenters. The van der Waals surface area contributed by atoms with E-state index in [2.05, 4.69) is 15.5 Å². The number of hydrogen-bond donors (Lipinski definition) is 2. The molecule has 1 heterocycles. The number of rotatable bonds is 7. The predicted octanol–water partition coefficient (Wildman–Crippen LogP) is 1.20. The van der Waals surface area contributed by atoms with Crippen LogP contribution < -0.4 is 5.32 Å². The van der Waals surface area contributed by atoms with E-state index < -0.39 is 0 Å². The molecule has 2 N–H and O–H groups in total. The first-order chi connectivity index (χ1) is 10.6. The zero-order valence-electron chi connectivity index (χ0n) is 12.7. The monoisotopic (exact) mass is 320 g/mol. The second-order valence-electron chi connectivity index (χ2n) is 5.13. The molecule has 2 rings (SSSR count). The number of carbonyl (C=O) groups is 1. The van der Waals surface area contributed by atoms with E-state index in [1.807, 2.05) is 43.1 Å². The lowest BCUT2D eigenvalue weighted by atomic mass is 10.1. The minimum atomic E-state index is -0.214. The number of carbonyl (C=O) groups excluding carboxylic acids is 1. The molecule has 0 aliphatic heterocycles. The van der Waals surface area contributed by atoms with Crippen molar-refractivity contribution in [3.63, 3.8) is 0 Å². The van der Waals surface area contributed by atoms with Crippen LogP contribution in [0, 0.1) is 6.92 Å². The molecule has 6 nitrogen and oxygen atoms in total. The van der Waals surface area contributed by atoms with Crippen LogP contribution in [-0.4, -0.2) is 46.3 Å². The lowest BCUT2D eigenvalue weighted by Gasteiger charge is -2.11. The number of likely N-dealkylation sites (N-methyl/N-ethyl adjacent to an activating group) is 1. The predicted molar refractivity (Wildman–Crippen MR) is 85.7 cm³/mol. The van der Waals surface area contributed by atoms with Crippen LogP contribution in [0.3, 0.4) is 0 Å². The summed E-state index contributed by atoms with van der Waals surface area (Å²) in [5.41, 5.74) is 2.24. The van der Waals surface area contributed by atoms with Gasteiger partial charge in [-0.05, 0) is 19.5 Å². The molecule has 2 aromatic rings. The summed E-state index contributed by atoms with van der Waals surface area (Å²) in [6.07, 6.45) is 0. The quantitative estimate of drug-likeness (QED) is 0.801. The molecule has 0 atom stereocenters. The Bertz CT molecular complexity index is 612. The van der Waals surface area contributed by atoms with Crippen molar-refractivity contribution in [3.05, 3.63) is 45.4 Å². The van der Waals surface area contributed by atoms with Gasteiger partial charge in [0, 0.05) is 13.1 Å². The van der Waals surface area contributed by atoms with Crippen LogP contribution in [-0.2, 0) is 13.1 Å². The van der Waals surface area contributed by atoms with Gasteiger partial charge in [0.05, 0.1) is 13.2 Å². The summed E-state index contributed by atoms with van der Waals surface area (Å²) in [6.45, 7) is 3.73. The van der Waals surface area contributed by atoms with Crippen molar-refractivity contribution in [1.29, 1.82) is 0 Å². The molecule has 118 valence electrons. The maximum Gasteiger partial charge on any atom is 0.282 e. The van der Waals surface area contributed by atoms with Gasteiger partial charge < -0.3 is 10.4 Å². The van der Waals surface area contributed by atoms with E-state index in [0.29, 0.717) is 24.6 Å². The third kappa shape index (κ3) is 4.87. The fourth-order valence-electron chi connectivity index (χ4n) is 1.85. The van der Waals surface area contributed by atoms with E-state index in [9.17, 15) is 4.79 Å². The molecule has 0 aliphatic rings. The molecule has 1 amide bonds. The number of nitrogens with zero attached hydrogens (tertiary/aromatic N) is 3. The van der Waals surface area contributed by atoms with Gasteiger partial charge in [0.15, 0.2) is 0 Å². The normalized spacial score (nSPS) is 10.9. The number of aryl methyl sites for hydroxylation is 1. The third-order valence-electron chi connectivity index (χ3n) is 3.12. The Labute approximate surface area is 133 Å². The summed E-state index contributed by atoms with van der Waals surface area (Å²) < 4.78 is 0. The molecule has 0 saturated carbocycles. The van der Waals surface area contributed by atoms with Crippen molar-refractivity contribution in [1.82, 2.24) is 20.4 Å². The summed E-state index contributed by atoms with van der Waals surface area (Å²) in [7, 11) is 1.88. The van der Waals surface area contributed by atoms with Crippen molar-refractivity contribution in [2.24, 2.45) is 0 Å². The molecule has 0 saturated heterocycles. The lowest BCUT2D eigenvalue weighted by Crippen LogP contribution is -2.22. The van der Waals surface area contributed by atoms with E-state index >= 15 is 0 Å². The van der Waals surface area contributed by atoms with Gasteiger partial charge in [-0.15, -0.1) is 10.2 Å². The van der Waals surface area contributed by atoms with Gasteiger partial charge in [0.25, 0.3) is 5.91 Å². The van der Waals surface area contributed by atoms with Crippen molar-refractivity contribution in [2.75, 3.05) is 20.2 Å². The molecular weight excluding hydrogens is 300 g/mol. The maximum atomic E-state index is 12.1. The number of hydrogen-bond acceptors (Lipinski definition) is 6. The summed E-state index contributed by atoms with van der Waals surface area (Å²) in [5, 5.41) is 20.8. The zero-order valence-corrected chi connectivity index (χ0v) is 13.6. The number of nitrogens with one attached hydrogen (secondary N) is 1. The molecule has 0 aliphatic carbocycles. The molecule has 7 heteroatoms. The summed E-state index contributed by atoms with van der Waals surface area (Å²) >= 11 is 1.28. The van der Waals surface area contributed by atoms with Gasteiger partial charge in [-0.25, -0.2) is 0 Å². The highest BCUT2D eigenvalue weighted by Crippen LogP contribution is 2.12. The Hall–Kier alpha value is -1.83. The standard InChI is InChI=1S/C15H20N4O2S/c1-11-3-5-12(6-4-11)9-16-14(21)15-18-17-13(22-15)10-19(2)7-8-20/h3-6,20H,7-10H2,1-2H3,(H,16,21). The van der Waals surface area contributed by atoms with Crippen molar-refractivity contribution in [2.45, 2.75) is 20.0 Å². The number of aliphatic hydroxyl groups is 1. The molecule has 22 heavy (non-hydrogen) atoms.